The first-order valence-electron chi connectivity index (χ1n) is 6.12. The Kier molecular flexibility index (Phi) is 6.34. The molecular weight excluding hydrogens is 326 g/mol. The second kappa shape index (κ2) is 8.26. The van der Waals surface area contributed by atoms with Gasteiger partial charge in [0.25, 0.3) is 0 Å². The summed E-state index contributed by atoms with van der Waals surface area (Å²) in [7, 11) is 1.62. The average Bonchev–Trinajstić information content (AvgIpc) is 2.99. The minimum Gasteiger partial charge on any atom is -0.496 e. The van der Waals surface area contributed by atoms with E-state index in [1.165, 1.54) is 23.1 Å². The van der Waals surface area contributed by atoms with Gasteiger partial charge in [0.05, 0.1) is 12.9 Å². The lowest BCUT2D eigenvalue weighted by Gasteiger charge is -2.09. The van der Waals surface area contributed by atoms with Gasteiger partial charge < -0.3 is 10.1 Å². The van der Waals surface area contributed by atoms with Crippen LogP contribution in [0.1, 0.15) is 5.56 Å². The van der Waals surface area contributed by atoms with E-state index in [0.29, 0.717) is 12.3 Å². The molecule has 1 N–H and O–H groups in total. The second-order valence-electron chi connectivity index (χ2n) is 3.92. The third-order valence-corrected chi connectivity index (χ3v) is 5.59. The van der Waals surface area contributed by atoms with Crippen LogP contribution in [0, 0.1) is 0 Å². The van der Waals surface area contributed by atoms with Crippen molar-refractivity contribution in [2.45, 2.75) is 15.2 Å². The summed E-state index contributed by atoms with van der Waals surface area (Å²) in [6.07, 6.45) is 1.95. The number of ether oxygens (including phenoxy) is 1. The molecule has 0 unspecified atom stereocenters. The van der Waals surface area contributed by atoms with E-state index in [1.54, 1.807) is 18.9 Å². The van der Waals surface area contributed by atoms with Crippen molar-refractivity contribution in [1.29, 1.82) is 0 Å². The highest BCUT2D eigenvalue weighted by molar-refractivity contribution is 8.03. The van der Waals surface area contributed by atoms with E-state index in [1.807, 2.05) is 30.5 Å². The van der Waals surface area contributed by atoms with Crippen molar-refractivity contribution < 1.29 is 9.53 Å². The van der Waals surface area contributed by atoms with Crippen LogP contribution in [0.4, 0.5) is 0 Å². The predicted molar refractivity (Wildman–Crippen MR) is 87.3 cm³/mol. The highest BCUT2D eigenvalue weighted by Gasteiger charge is 2.08. The summed E-state index contributed by atoms with van der Waals surface area (Å²) in [5.74, 6) is 1.07. The molecule has 1 heterocycles. The van der Waals surface area contributed by atoms with Gasteiger partial charge in [0.15, 0.2) is 8.68 Å². The van der Waals surface area contributed by atoms with Crippen LogP contribution in [-0.2, 0) is 11.3 Å². The molecule has 2 rings (SSSR count). The van der Waals surface area contributed by atoms with Crippen molar-refractivity contribution in [1.82, 2.24) is 15.5 Å². The van der Waals surface area contributed by atoms with E-state index < -0.39 is 0 Å². The van der Waals surface area contributed by atoms with Crippen LogP contribution >= 0.6 is 34.9 Å². The molecule has 0 fully saturated rings. The van der Waals surface area contributed by atoms with Crippen molar-refractivity contribution in [2.24, 2.45) is 0 Å². The van der Waals surface area contributed by atoms with E-state index in [-0.39, 0.29) is 5.91 Å². The number of hydrogen-bond donors (Lipinski definition) is 1. The number of nitrogens with zero attached hydrogens (tertiary/aromatic N) is 2. The van der Waals surface area contributed by atoms with Crippen LogP contribution in [0.15, 0.2) is 32.9 Å². The van der Waals surface area contributed by atoms with Crippen molar-refractivity contribution >= 4 is 40.8 Å². The maximum Gasteiger partial charge on any atom is 0.230 e. The Bertz CT molecular complexity index is 604. The molecule has 21 heavy (non-hydrogen) atoms. The maximum atomic E-state index is 11.8. The third-order valence-electron chi connectivity index (χ3n) is 2.56. The van der Waals surface area contributed by atoms with Crippen LogP contribution in [0.3, 0.4) is 0 Å². The van der Waals surface area contributed by atoms with Crippen LogP contribution < -0.4 is 10.1 Å². The lowest BCUT2D eigenvalue weighted by molar-refractivity contribution is -0.118. The van der Waals surface area contributed by atoms with Gasteiger partial charge >= 0.3 is 0 Å². The number of benzene rings is 1. The monoisotopic (exact) mass is 341 g/mol. The quantitative estimate of drug-likeness (QED) is 0.781. The number of methoxy groups -OCH3 is 1. The molecular formula is C13H15N3O2S3. The minimum atomic E-state index is -0.0354. The largest absolute Gasteiger partial charge is 0.496 e. The molecule has 1 amide bonds. The van der Waals surface area contributed by atoms with Crippen LogP contribution in [0.5, 0.6) is 5.75 Å². The van der Waals surface area contributed by atoms with Gasteiger partial charge in [0.1, 0.15) is 5.75 Å². The first kappa shape index (κ1) is 16.1. The van der Waals surface area contributed by atoms with Crippen LogP contribution in [0.25, 0.3) is 0 Å². The fourth-order valence-electron chi connectivity index (χ4n) is 1.56. The van der Waals surface area contributed by atoms with Gasteiger partial charge in [-0.15, -0.1) is 10.2 Å². The number of para-hydroxylation sites is 1. The summed E-state index contributed by atoms with van der Waals surface area (Å²) < 4.78 is 6.97. The Balaban J connectivity index is 1.79. The SMILES string of the molecule is COc1ccccc1CNC(=O)CSc1nnc(SC)s1. The summed E-state index contributed by atoms with van der Waals surface area (Å²) in [4.78, 5) is 11.8. The van der Waals surface area contributed by atoms with Crippen molar-refractivity contribution in [2.75, 3.05) is 19.1 Å². The number of hydrogen-bond acceptors (Lipinski definition) is 7. The van der Waals surface area contributed by atoms with Crippen LogP contribution in [-0.4, -0.2) is 35.2 Å². The number of nitrogens with one attached hydrogen (secondary N) is 1. The number of carbonyl (C=O) groups is 1. The first-order valence-corrected chi connectivity index (χ1v) is 9.14. The van der Waals surface area contributed by atoms with E-state index in [4.69, 9.17) is 4.74 Å². The zero-order valence-electron chi connectivity index (χ0n) is 11.7. The average molecular weight is 341 g/mol. The molecule has 0 aliphatic carbocycles. The van der Waals surface area contributed by atoms with Gasteiger partial charge in [0.2, 0.25) is 5.91 Å². The van der Waals surface area contributed by atoms with Crippen molar-refractivity contribution in [3.8, 4) is 5.75 Å². The smallest absolute Gasteiger partial charge is 0.230 e. The normalized spacial score (nSPS) is 10.4. The summed E-state index contributed by atoms with van der Waals surface area (Å²) >= 11 is 4.45. The Morgan fingerprint density at radius 1 is 1.33 bits per heavy atom. The molecule has 0 saturated heterocycles. The van der Waals surface area contributed by atoms with E-state index in [2.05, 4.69) is 15.5 Å². The Morgan fingerprint density at radius 2 is 2.10 bits per heavy atom. The van der Waals surface area contributed by atoms with Gasteiger partial charge in [-0.1, -0.05) is 53.1 Å². The van der Waals surface area contributed by atoms with E-state index >= 15 is 0 Å². The molecule has 0 aliphatic heterocycles. The molecule has 5 nitrogen and oxygen atoms in total. The number of amides is 1. The lowest BCUT2D eigenvalue weighted by atomic mass is 10.2. The highest BCUT2D eigenvalue weighted by Crippen LogP contribution is 2.27. The highest BCUT2D eigenvalue weighted by atomic mass is 32.2. The predicted octanol–water partition coefficient (Wildman–Crippen LogP) is 2.68. The topological polar surface area (TPSA) is 64.1 Å². The number of aromatic nitrogens is 2. The van der Waals surface area contributed by atoms with E-state index in [0.717, 1.165) is 20.0 Å². The molecule has 2 aromatic rings. The molecule has 0 bridgehead atoms. The molecule has 0 atom stereocenters. The fourth-order valence-corrected chi connectivity index (χ4v) is 3.83. The molecule has 0 radical (unpaired) electrons. The van der Waals surface area contributed by atoms with Crippen molar-refractivity contribution in [3.05, 3.63) is 29.8 Å². The van der Waals surface area contributed by atoms with Gasteiger partial charge in [-0.05, 0) is 12.3 Å². The molecule has 0 spiro atoms. The Hall–Kier alpha value is -1.25. The molecule has 0 aliphatic rings. The first-order chi connectivity index (χ1) is 10.2. The van der Waals surface area contributed by atoms with E-state index in [9.17, 15) is 4.79 Å². The maximum absolute atomic E-state index is 11.8. The Morgan fingerprint density at radius 3 is 2.81 bits per heavy atom. The third kappa shape index (κ3) is 4.90. The second-order valence-corrected chi connectivity index (χ2v) is 7.17. The standard InChI is InChI=1S/C13H15N3O2S3/c1-18-10-6-4-3-5-9(10)7-14-11(17)8-20-13-16-15-12(19-2)21-13/h3-6H,7-8H2,1-2H3,(H,14,17). The fraction of sp³-hybridized carbons (Fsp3) is 0.308. The molecule has 112 valence electrons. The molecule has 8 heteroatoms. The molecule has 0 saturated carbocycles. The van der Waals surface area contributed by atoms with Crippen molar-refractivity contribution in [3.63, 3.8) is 0 Å². The molecule has 1 aromatic heterocycles. The van der Waals surface area contributed by atoms with Gasteiger partial charge in [0, 0.05) is 12.1 Å². The summed E-state index contributed by atoms with van der Waals surface area (Å²) in [6, 6.07) is 7.63. The summed E-state index contributed by atoms with van der Waals surface area (Å²) in [6.45, 7) is 0.454. The van der Waals surface area contributed by atoms with Crippen LogP contribution in [0.2, 0.25) is 0 Å². The van der Waals surface area contributed by atoms with Gasteiger partial charge in [-0.25, -0.2) is 0 Å². The summed E-state index contributed by atoms with van der Waals surface area (Å²) in [5, 5.41) is 10.9. The molecule has 1 aromatic carbocycles. The van der Waals surface area contributed by atoms with Gasteiger partial charge in [-0.2, -0.15) is 0 Å². The van der Waals surface area contributed by atoms with Gasteiger partial charge in [-0.3, -0.25) is 4.79 Å². The minimum absolute atomic E-state index is 0.0354. The summed E-state index contributed by atoms with van der Waals surface area (Å²) in [5.41, 5.74) is 0.957. The number of thioether (sulfide) groups is 2. The zero-order chi connectivity index (χ0) is 15.1. The number of carbonyl (C=O) groups excluding carboxylic acids is 1. The lowest BCUT2D eigenvalue weighted by Crippen LogP contribution is -2.24. The zero-order valence-corrected chi connectivity index (χ0v) is 14.1. The Labute approximate surface area is 135 Å². The number of rotatable bonds is 7.